The fourth-order valence-corrected chi connectivity index (χ4v) is 3.79. The molecular weight excluding hydrogens is 396 g/mol. The Kier molecular flexibility index (Phi) is 6.92. The number of amides is 1. The SMILES string of the molecule is Cc1cc(C(C)(C)C)cc(C)c1CCNC(=O)CSc1nnc(-c2cccnc2)o1. The van der Waals surface area contributed by atoms with Crippen LogP contribution in [0.25, 0.3) is 11.5 Å². The third-order valence-corrected chi connectivity index (χ3v) is 5.72. The molecule has 0 fully saturated rings. The average Bonchev–Trinajstić information content (AvgIpc) is 3.17. The van der Waals surface area contributed by atoms with Crippen molar-refractivity contribution in [2.45, 2.75) is 51.7 Å². The Bertz CT molecular complexity index is 987. The van der Waals surface area contributed by atoms with Crippen molar-refractivity contribution in [3.05, 3.63) is 58.9 Å². The maximum atomic E-state index is 12.2. The predicted molar refractivity (Wildman–Crippen MR) is 120 cm³/mol. The number of carbonyl (C=O) groups excluding carboxylic acids is 1. The lowest BCUT2D eigenvalue weighted by Gasteiger charge is -2.22. The van der Waals surface area contributed by atoms with Crippen molar-refractivity contribution in [2.24, 2.45) is 0 Å². The normalized spacial score (nSPS) is 11.5. The van der Waals surface area contributed by atoms with E-state index >= 15 is 0 Å². The number of hydrogen-bond acceptors (Lipinski definition) is 6. The third kappa shape index (κ3) is 5.69. The Morgan fingerprint density at radius 2 is 1.90 bits per heavy atom. The first kappa shape index (κ1) is 22.0. The summed E-state index contributed by atoms with van der Waals surface area (Å²) in [6.07, 6.45) is 4.15. The van der Waals surface area contributed by atoms with E-state index < -0.39 is 0 Å². The van der Waals surface area contributed by atoms with Gasteiger partial charge in [-0.05, 0) is 60.1 Å². The molecule has 7 heteroatoms. The van der Waals surface area contributed by atoms with E-state index in [0.717, 1.165) is 12.0 Å². The molecule has 1 N–H and O–H groups in total. The van der Waals surface area contributed by atoms with Crippen LogP contribution in [0.4, 0.5) is 0 Å². The molecule has 0 atom stereocenters. The van der Waals surface area contributed by atoms with Crippen LogP contribution in [-0.2, 0) is 16.6 Å². The van der Waals surface area contributed by atoms with Crippen molar-refractivity contribution in [2.75, 3.05) is 12.3 Å². The number of benzene rings is 1. The first-order chi connectivity index (χ1) is 14.2. The molecule has 0 bridgehead atoms. The monoisotopic (exact) mass is 424 g/mol. The van der Waals surface area contributed by atoms with Crippen molar-refractivity contribution in [3.8, 4) is 11.5 Å². The van der Waals surface area contributed by atoms with Gasteiger partial charge in [0.15, 0.2) is 0 Å². The van der Waals surface area contributed by atoms with Gasteiger partial charge in [-0.25, -0.2) is 0 Å². The second kappa shape index (κ2) is 9.43. The van der Waals surface area contributed by atoms with Crippen molar-refractivity contribution in [1.29, 1.82) is 0 Å². The van der Waals surface area contributed by atoms with Crippen LogP contribution in [0, 0.1) is 13.8 Å². The highest BCUT2D eigenvalue weighted by atomic mass is 32.2. The highest BCUT2D eigenvalue weighted by Crippen LogP contribution is 2.27. The van der Waals surface area contributed by atoms with Gasteiger partial charge in [-0.15, -0.1) is 10.2 Å². The fourth-order valence-electron chi connectivity index (χ4n) is 3.20. The van der Waals surface area contributed by atoms with Crippen LogP contribution in [0.5, 0.6) is 0 Å². The second-order valence-electron chi connectivity index (χ2n) is 8.34. The van der Waals surface area contributed by atoms with Crippen LogP contribution in [-0.4, -0.2) is 33.4 Å². The summed E-state index contributed by atoms with van der Waals surface area (Å²) in [5, 5.41) is 11.3. The average molecular weight is 425 g/mol. The van der Waals surface area contributed by atoms with E-state index in [-0.39, 0.29) is 17.1 Å². The van der Waals surface area contributed by atoms with Gasteiger partial charge in [0, 0.05) is 18.9 Å². The molecule has 0 saturated carbocycles. The molecule has 2 heterocycles. The molecule has 0 aliphatic carbocycles. The number of rotatable bonds is 7. The molecule has 0 aliphatic rings. The first-order valence-electron chi connectivity index (χ1n) is 9.98. The van der Waals surface area contributed by atoms with Gasteiger partial charge in [-0.3, -0.25) is 9.78 Å². The first-order valence-corrected chi connectivity index (χ1v) is 11.0. The highest BCUT2D eigenvalue weighted by Gasteiger charge is 2.16. The van der Waals surface area contributed by atoms with Gasteiger partial charge in [-0.1, -0.05) is 44.7 Å². The van der Waals surface area contributed by atoms with Crippen LogP contribution < -0.4 is 5.32 Å². The highest BCUT2D eigenvalue weighted by molar-refractivity contribution is 7.99. The van der Waals surface area contributed by atoms with E-state index in [4.69, 9.17) is 4.42 Å². The van der Waals surface area contributed by atoms with Gasteiger partial charge in [0.25, 0.3) is 5.22 Å². The second-order valence-corrected chi connectivity index (χ2v) is 9.27. The standard InChI is InChI=1S/C23H28N4O2S/c1-15-11-18(23(3,4)5)12-16(2)19(15)8-10-25-20(28)14-30-22-27-26-21(29-22)17-7-6-9-24-13-17/h6-7,9,11-13H,8,10,14H2,1-5H3,(H,25,28). The van der Waals surface area contributed by atoms with Gasteiger partial charge in [0.1, 0.15) is 0 Å². The van der Waals surface area contributed by atoms with Crippen LogP contribution in [0.1, 0.15) is 43.0 Å². The third-order valence-electron chi connectivity index (χ3n) is 4.90. The lowest BCUT2D eigenvalue weighted by molar-refractivity contribution is -0.118. The minimum absolute atomic E-state index is 0.0530. The number of hydrogen-bond donors (Lipinski definition) is 1. The molecule has 2 aromatic heterocycles. The van der Waals surface area contributed by atoms with E-state index in [0.29, 0.717) is 17.7 Å². The van der Waals surface area contributed by atoms with E-state index in [1.165, 1.54) is 34.0 Å². The van der Waals surface area contributed by atoms with Gasteiger partial charge in [-0.2, -0.15) is 0 Å². The van der Waals surface area contributed by atoms with E-state index in [2.05, 4.69) is 67.2 Å². The summed E-state index contributed by atoms with van der Waals surface area (Å²) in [7, 11) is 0. The summed E-state index contributed by atoms with van der Waals surface area (Å²) in [5.41, 5.74) is 6.07. The molecule has 0 unspecified atom stereocenters. The number of carbonyl (C=O) groups is 1. The number of aromatic nitrogens is 3. The zero-order valence-corrected chi connectivity index (χ0v) is 19.0. The minimum atomic E-state index is -0.0530. The zero-order chi connectivity index (χ0) is 21.7. The molecule has 158 valence electrons. The summed E-state index contributed by atoms with van der Waals surface area (Å²) in [6.45, 7) is 11.6. The number of nitrogens with one attached hydrogen (secondary N) is 1. The van der Waals surface area contributed by atoms with Crippen molar-refractivity contribution in [3.63, 3.8) is 0 Å². The van der Waals surface area contributed by atoms with Gasteiger partial charge in [0.05, 0.1) is 11.3 Å². The lowest BCUT2D eigenvalue weighted by Crippen LogP contribution is -2.27. The molecule has 6 nitrogen and oxygen atoms in total. The van der Waals surface area contributed by atoms with Gasteiger partial charge in [0.2, 0.25) is 11.8 Å². The molecule has 0 saturated heterocycles. The minimum Gasteiger partial charge on any atom is -0.411 e. The van der Waals surface area contributed by atoms with Crippen molar-refractivity contribution < 1.29 is 9.21 Å². The maximum absolute atomic E-state index is 12.2. The maximum Gasteiger partial charge on any atom is 0.277 e. The lowest BCUT2D eigenvalue weighted by atomic mass is 9.83. The summed E-state index contributed by atoms with van der Waals surface area (Å²) >= 11 is 1.23. The van der Waals surface area contributed by atoms with E-state index in [9.17, 15) is 4.79 Å². The van der Waals surface area contributed by atoms with Gasteiger partial charge >= 0.3 is 0 Å². The number of nitrogens with zero attached hydrogens (tertiary/aromatic N) is 3. The Hall–Kier alpha value is -2.67. The number of thioether (sulfide) groups is 1. The molecule has 1 amide bonds. The zero-order valence-electron chi connectivity index (χ0n) is 18.2. The van der Waals surface area contributed by atoms with Crippen LogP contribution >= 0.6 is 11.8 Å². The molecule has 3 aromatic rings. The van der Waals surface area contributed by atoms with Crippen molar-refractivity contribution >= 4 is 17.7 Å². The number of pyridine rings is 1. The summed E-state index contributed by atoms with van der Waals surface area (Å²) < 4.78 is 5.58. The largest absolute Gasteiger partial charge is 0.411 e. The Labute approximate surface area is 181 Å². The molecule has 3 rings (SSSR count). The Morgan fingerprint density at radius 1 is 1.17 bits per heavy atom. The molecular formula is C23H28N4O2S. The van der Waals surface area contributed by atoms with Crippen molar-refractivity contribution in [1.82, 2.24) is 20.5 Å². The predicted octanol–water partition coefficient (Wildman–Crippen LogP) is 4.50. The summed E-state index contributed by atoms with van der Waals surface area (Å²) in [4.78, 5) is 16.2. The van der Waals surface area contributed by atoms with Crippen LogP contribution in [0.3, 0.4) is 0 Å². The van der Waals surface area contributed by atoms with Gasteiger partial charge < -0.3 is 9.73 Å². The Morgan fingerprint density at radius 3 is 2.53 bits per heavy atom. The van der Waals surface area contributed by atoms with E-state index in [1.54, 1.807) is 18.5 Å². The molecule has 0 aliphatic heterocycles. The summed E-state index contributed by atoms with van der Waals surface area (Å²) in [6, 6.07) is 8.17. The Balaban J connectivity index is 1.48. The molecule has 1 aromatic carbocycles. The topological polar surface area (TPSA) is 80.9 Å². The molecule has 30 heavy (non-hydrogen) atoms. The van der Waals surface area contributed by atoms with Crippen LogP contribution in [0.2, 0.25) is 0 Å². The van der Waals surface area contributed by atoms with E-state index in [1.807, 2.05) is 6.07 Å². The summed E-state index contributed by atoms with van der Waals surface area (Å²) in [5.74, 6) is 0.577. The van der Waals surface area contributed by atoms with Crippen LogP contribution in [0.15, 0.2) is 46.3 Å². The fraction of sp³-hybridized carbons (Fsp3) is 0.391. The molecule has 0 radical (unpaired) electrons. The smallest absolute Gasteiger partial charge is 0.277 e. The molecule has 0 spiro atoms. The quantitative estimate of drug-likeness (QED) is 0.563. The number of aryl methyl sites for hydroxylation is 2.